The monoisotopic (exact) mass is 425 g/mol. The molecule has 0 saturated carbocycles. The van der Waals surface area contributed by atoms with E-state index in [4.69, 9.17) is 4.89 Å². The summed E-state index contributed by atoms with van der Waals surface area (Å²) in [5, 5.41) is 9.62. The second-order valence-corrected chi connectivity index (χ2v) is 10.00. The zero-order chi connectivity index (χ0) is 21.7. The summed E-state index contributed by atoms with van der Waals surface area (Å²) < 4.78 is 25.4. The number of rotatable bonds is 4. The third-order valence-corrected chi connectivity index (χ3v) is 7.89. The number of Topliss-reactive ketones (excluding diaryl/α,β-unsaturated/α-hetero) is 1. The predicted molar refractivity (Wildman–Crippen MR) is 114 cm³/mol. The third kappa shape index (κ3) is 2.93. The van der Waals surface area contributed by atoms with Crippen LogP contribution in [0.1, 0.15) is 29.8 Å². The van der Waals surface area contributed by atoms with Crippen LogP contribution in [0, 0.1) is 0 Å². The van der Waals surface area contributed by atoms with Crippen molar-refractivity contribution in [3.63, 3.8) is 0 Å². The van der Waals surface area contributed by atoms with E-state index in [9.17, 15) is 18.5 Å². The molecule has 0 radical (unpaired) electrons. The second-order valence-electron chi connectivity index (χ2n) is 8.11. The van der Waals surface area contributed by atoms with Gasteiger partial charge in [0, 0.05) is 23.7 Å². The van der Waals surface area contributed by atoms with Gasteiger partial charge in [-0.2, -0.15) is 0 Å². The highest BCUT2D eigenvalue weighted by Gasteiger charge is 2.47. The first-order chi connectivity index (χ1) is 14.2. The molecule has 2 aromatic rings. The summed E-state index contributed by atoms with van der Waals surface area (Å²) in [6.45, 7) is 4.14. The molecule has 2 atom stereocenters. The number of nitrogens with zero attached hydrogens (tertiary/aromatic N) is 1. The number of likely N-dealkylation sites (N-methyl/N-ethyl adjacent to an activating group) is 1. The zero-order valence-electron chi connectivity index (χ0n) is 16.9. The van der Waals surface area contributed by atoms with E-state index in [0.717, 1.165) is 11.3 Å². The molecule has 30 heavy (non-hydrogen) atoms. The number of benzene rings is 2. The number of hydrogen-bond acceptors (Lipinski definition) is 6. The van der Waals surface area contributed by atoms with Gasteiger partial charge in [0.25, 0.3) is 0 Å². The van der Waals surface area contributed by atoms with Crippen molar-refractivity contribution < 1.29 is 23.4 Å². The molecule has 0 spiro atoms. The summed E-state index contributed by atoms with van der Waals surface area (Å²) in [4.78, 5) is 19.1. The summed E-state index contributed by atoms with van der Waals surface area (Å²) in [5.41, 5.74) is 2.03. The van der Waals surface area contributed by atoms with Crippen molar-refractivity contribution >= 4 is 21.3 Å². The molecule has 2 heterocycles. The van der Waals surface area contributed by atoms with Gasteiger partial charge >= 0.3 is 0 Å². The van der Waals surface area contributed by atoms with Crippen molar-refractivity contribution in [3.05, 3.63) is 82.8 Å². The highest BCUT2D eigenvalue weighted by atomic mass is 32.2. The van der Waals surface area contributed by atoms with Gasteiger partial charge in [-0.05, 0) is 29.8 Å². The van der Waals surface area contributed by atoms with E-state index in [1.54, 1.807) is 18.2 Å². The highest BCUT2D eigenvalue weighted by Crippen LogP contribution is 2.46. The lowest BCUT2D eigenvalue weighted by Gasteiger charge is -2.35. The van der Waals surface area contributed by atoms with Gasteiger partial charge in [0.05, 0.1) is 10.9 Å². The summed E-state index contributed by atoms with van der Waals surface area (Å²) >= 11 is 0. The zero-order valence-corrected chi connectivity index (χ0v) is 17.8. The third-order valence-electron chi connectivity index (χ3n) is 6.05. The Bertz CT molecular complexity index is 1180. The molecule has 2 aliphatic rings. The first-order valence-corrected chi connectivity index (χ1v) is 11.1. The van der Waals surface area contributed by atoms with Gasteiger partial charge in [-0.25, -0.2) is 13.3 Å². The van der Waals surface area contributed by atoms with Crippen LogP contribution in [0.3, 0.4) is 0 Å². The number of anilines is 1. The van der Waals surface area contributed by atoms with Gasteiger partial charge < -0.3 is 4.90 Å². The molecule has 2 aliphatic heterocycles. The Balaban J connectivity index is 1.65. The van der Waals surface area contributed by atoms with Crippen LogP contribution in [0.5, 0.6) is 0 Å². The Hall–Kier alpha value is -2.74. The average Bonchev–Trinajstić information content (AvgIpc) is 3.05. The molecular formula is C23H23NO5S. The maximum atomic E-state index is 12.7. The molecule has 0 amide bonds. The number of ketones is 1. The molecule has 2 unspecified atom stereocenters. The minimum absolute atomic E-state index is 0.0247. The number of carbonyl (C=O) groups excluding carboxylic acids is 1. The molecule has 4 rings (SSSR count). The van der Waals surface area contributed by atoms with Gasteiger partial charge in [0.15, 0.2) is 0 Å². The molecule has 0 bridgehead atoms. The number of hydrogen-bond donors (Lipinski definition) is 1. The van der Waals surface area contributed by atoms with Crippen molar-refractivity contribution in [3.8, 4) is 0 Å². The molecule has 0 saturated heterocycles. The standard InChI is InChI=1S/C23H23NO5S/c1-23(2)16-10-5-6-11-17(16)24(3)22(23)18(29-26)12-8-14-20-21(25)15-9-4-7-13-19(15)30(20,27)28/h4-14,18,22,26H,1-3H3/b12-8+,20-14-. The van der Waals surface area contributed by atoms with Gasteiger partial charge in [0.2, 0.25) is 15.6 Å². The molecule has 7 heteroatoms. The molecule has 0 fully saturated rings. The largest absolute Gasteiger partial charge is 0.367 e. The van der Waals surface area contributed by atoms with Gasteiger partial charge in [-0.1, -0.05) is 56.3 Å². The minimum atomic E-state index is -3.85. The minimum Gasteiger partial charge on any atom is -0.367 e. The van der Waals surface area contributed by atoms with E-state index in [0.29, 0.717) is 0 Å². The van der Waals surface area contributed by atoms with Crippen molar-refractivity contribution in [1.29, 1.82) is 0 Å². The van der Waals surface area contributed by atoms with Crippen LogP contribution >= 0.6 is 0 Å². The molecular weight excluding hydrogens is 402 g/mol. The molecule has 0 aromatic heterocycles. The number of sulfone groups is 1. The van der Waals surface area contributed by atoms with E-state index >= 15 is 0 Å². The van der Waals surface area contributed by atoms with Crippen LogP contribution in [0.4, 0.5) is 5.69 Å². The lowest BCUT2D eigenvalue weighted by Crippen LogP contribution is -2.48. The van der Waals surface area contributed by atoms with E-state index in [-0.39, 0.29) is 26.8 Å². The first kappa shape index (κ1) is 20.5. The molecule has 1 N–H and O–H groups in total. The topological polar surface area (TPSA) is 83.9 Å². The average molecular weight is 426 g/mol. The van der Waals surface area contributed by atoms with Crippen molar-refractivity contribution in [2.75, 3.05) is 11.9 Å². The Kier molecular flexibility index (Phi) is 4.92. The lowest BCUT2D eigenvalue weighted by atomic mass is 9.78. The maximum Gasteiger partial charge on any atom is 0.211 e. The van der Waals surface area contributed by atoms with Crippen LogP contribution in [-0.4, -0.2) is 38.7 Å². The Morgan fingerprint density at radius 2 is 1.80 bits per heavy atom. The fraction of sp³-hybridized carbons (Fsp3) is 0.261. The Morgan fingerprint density at radius 3 is 2.47 bits per heavy atom. The molecule has 156 valence electrons. The molecule has 6 nitrogen and oxygen atoms in total. The summed E-state index contributed by atoms with van der Waals surface area (Å²) in [7, 11) is -1.92. The normalized spacial score (nSPS) is 23.7. The van der Waals surface area contributed by atoms with Crippen LogP contribution in [0.15, 0.2) is 76.6 Å². The van der Waals surface area contributed by atoms with Crippen molar-refractivity contribution in [1.82, 2.24) is 0 Å². The van der Waals surface area contributed by atoms with E-state index in [2.05, 4.69) is 13.8 Å². The van der Waals surface area contributed by atoms with Gasteiger partial charge in [-0.15, -0.1) is 0 Å². The van der Waals surface area contributed by atoms with Gasteiger partial charge in [0.1, 0.15) is 11.0 Å². The fourth-order valence-corrected chi connectivity index (χ4v) is 6.18. The number of para-hydroxylation sites is 1. The van der Waals surface area contributed by atoms with Crippen LogP contribution in [-0.2, 0) is 20.1 Å². The van der Waals surface area contributed by atoms with Crippen LogP contribution < -0.4 is 4.90 Å². The smallest absolute Gasteiger partial charge is 0.211 e. The van der Waals surface area contributed by atoms with Crippen molar-refractivity contribution in [2.45, 2.75) is 36.3 Å². The highest BCUT2D eigenvalue weighted by molar-refractivity contribution is 7.97. The van der Waals surface area contributed by atoms with E-state index in [1.807, 2.05) is 36.2 Å². The van der Waals surface area contributed by atoms with Crippen molar-refractivity contribution in [2.24, 2.45) is 0 Å². The summed E-state index contributed by atoms with van der Waals surface area (Å²) in [5.74, 6) is -0.526. The van der Waals surface area contributed by atoms with E-state index < -0.39 is 21.7 Å². The Labute approximate surface area is 175 Å². The quantitative estimate of drug-likeness (QED) is 0.456. The fourth-order valence-electron chi connectivity index (χ4n) is 4.63. The van der Waals surface area contributed by atoms with Crippen LogP contribution in [0.25, 0.3) is 0 Å². The maximum absolute atomic E-state index is 12.7. The molecule has 2 aromatic carbocycles. The number of carbonyl (C=O) groups is 1. The SMILES string of the molecule is CN1c2ccccc2C(C)(C)C1C(/C=C/C=C1/C(=O)c2ccccc2S1(=O)=O)OO. The lowest BCUT2D eigenvalue weighted by molar-refractivity contribution is -0.272. The number of allylic oxidation sites excluding steroid dienone is 3. The second kappa shape index (κ2) is 7.19. The number of fused-ring (bicyclic) bond motifs is 2. The molecule has 0 aliphatic carbocycles. The summed E-state index contributed by atoms with van der Waals surface area (Å²) in [6, 6.07) is 13.9. The van der Waals surface area contributed by atoms with Crippen LogP contribution in [0.2, 0.25) is 0 Å². The van der Waals surface area contributed by atoms with E-state index in [1.165, 1.54) is 24.3 Å². The first-order valence-electron chi connectivity index (χ1n) is 9.61. The Morgan fingerprint density at radius 1 is 1.13 bits per heavy atom. The van der Waals surface area contributed by atoms with Gasteiger partial charge in [-0.3, -0.25) is 10.1 Å². The summed E-state index contributed by atoms with van der Waals surface area (Å²) in [6.07, 6.45) is 3.58. The predicted octanol–water partition coefficient (Wildman–Crippen LogP) is 3.75.